The third kappa shape index (κ3) is 2.56. The molecule has 8 heteroatoms. The minimum absolute atomic E-state index is 0.0787. The van der Waals surface area contributed by atoms with Gasteiger partial charge in [0.1, 0.15) is 6.10 Å². The van der Waals surface area contributed by atoms with Crippen molar-refractivity contribution in [1.29, 1.82) is 0 Å². The maximum absolute atomic E-state index is 12.2. The van der Waals surface area contributed by atoms with Crippen molar-refractivity contribution in [2.75, 3.05) is 0 Å². The molecule has 7 nitrogen and oxygen atoms in total. The molecule has 0 spiro atoms. The van der Waals surface area contributed by atoms with Gasteiger partial charge in [0.15, 0.2) is 5.78 Å². The molecule has 2 aliphatic carbocycles. The van der Waals surface area contributed by atoms with Crippen LogP contribution in [0.4, 0.5) is 0 Å². The molecule has 1 N–H and O–H groups in total. The lowest BCUT2D eigenvalue weighted by Crippen LogP contribution is -2.35. The van der Waals surface area contributed by atoms with E-state index in [4.69, 9.17) is 13.5 Å². The molecule has 0 aromatic heterocycles. The number of fused-ring (bicyclic) bond motifs is 3. The van der Waals surface area contributed by atoms with Gasteiger partial charge in [-0.1, -0.05) is 17.7 Å². The lowest BCUT2D eigenvalue weighted by Gasteiger charge is -2.26. The van der Waals surface area contributed by atoms with Gasteiger partial charge >= 0.3 is 16.4 Å². The third-order valence-electron chi connectivity index (χ3n) is 4.63. The van der Waals surface area contributed by atoms with E-state index < -0.39 is 40.4 Å². The molecule has 3 rings (SSSR count). The fourth-order valence-electron chi connectivity index (χ4n) is 3.76. The first-order valence-corrected chi connectivity index (χ1v) is 8.44. The van der Waals surface area contributed by atoms with Gasteiger partial charge in [-0.05, 0) is 26.3 Å². The van der Waals surface area contributed by atoms with Crippen LogP contribution < -0.4 is 0 Å². The number of hydrogen-bond donors (Lipinski definition) is 1. The average Bonchev–Trinajstić information content (AvgIpc) is 2.79. The topological polar surface area (TPSA) is 107 Å². The van der Waals surface area contributed by atoms with Crippen molar-refractivity contribution >= 4 is 22.2 Å². The number of rotatable bonds is 2. The SMILES string of the molecule is C=C1C(=O)O[C@@H]2[C@H]3C(C)=CC(=O)C3=C(C)C[C@H](OS(=O)(=O)O)[C@@H]12. The Morgan fingerprint density at radius 2 is 2.00 bits per heavy atom. The summed E-state index contributed by atoms with van der Waals surface area (Å²) in [5.41, 5.74) is 1.99. The summed E-state index contributed by atoms with van der Waals surface area (Å²) in [6.07, 6.45) is -0.237. The highest BCUT2D eigenvalue weighted by atomic mass is 32.3. The quantitative estimate of drug-likeness (QED) is 0.456. The van der Waals surface area contributed by atoms with Crippen LogP contribution in [0, 0.1) is 11.8 Å². The van der Waals surface area contributed by atoms with Crippen molar-refractivity contribution < 1.29 is 31.5 Å². The lowest BCUT2D eigenvalue weighted by molar-refractivity contribution is -0.140. The van der Waals surface area contributed by atoms with E-state index in [9.17, 15) is 18.0 Å². The summed E-state index contributed by atoms with van der Waals surface area (Å²) in [5, 5.41) is 0. The largest absolute Gasteiger partial charge is 0.457 e. The number of ether oxygens (including phenoxy) is 1. The number of allylic oxidation sites excluding steroid dienone is 1. The standard InChI is InChI=1S/C15H16O7S/c1-6-4-9(16)11-7(2)5-10(22-23(18,19)20)13-8(3)15(17)21-14(13)12(6)11/h4,10,12-14H,3,5H2,1-2H3,(H,18,19,20)/t10-,12-,13+,14+/m0/s1. The van der Waals surface area contributed by atoms with E-state index in [-0.39, 0.29) is 17.8 Å². The summed E-state index contributed by atoms with van der Waals surface area (Å²) in [4.78, 5) is 24.1. The molecule has 0 saturated carbocycles. The number of esters is 1. The van der Waals surface area contributed by atoms with Crippen LogP contribution in [0.5, 0.6) is 0 Å². The predicted molar refractivity (Wildman–Crippen MR) is 78.5 cm³/mol. The Hall–Kier alpha value is -1.77. The Morgan fingerprint density at radius 3 is 2.61 bits per heavy atom. The van der Waals surface area contributed by atoms with Gasteiger partial charge in [0.2, 0.25) is 0 Å². The van der Waals surface area contributed by atoms with Gasteiger partial charge in [-0.25, -0.2) is 8.98 Å². The Labute approximate surface area is 133 Å². The summed E-state index contributed by atoms with van der Waals surface area (Å²) in [7, 11) is -4.72. The van der Waals surface area contributed by atoms with Gasteiger partial charge < -0.3 is 4.74 Å². The highest BCUT2D eigenvalue weighted by Gasteiger charge is 2.53. The van der Waals surface area contributed by atoms with Crippen molar-refractivity contribution in [3.63, 3.8) is 0 Å². The minimum Gasteiger partial charge on any atom is -0.457 e. The maximum atomic E-state index is 12.2. The highest BCUT2D eigenvalue weighted by molar-refractivity contribution is 7.80. The van der Waals surface area contributed by atoms with Crippen molar-refractivity contribution in [1.82, 2.24) is 0 Å². The van der Waals surface area contributed by atoms with Crippen LogP contribution in [0.25, 0.3) is 0 Å². The van der Waals surface area contributed by atoms with Crippen molar-refractivity contribution in [2.24, 2.45) is 11.8 Å². The third-order valence-corrected chi connectivity index (χ3v) is 5.12. The van der Waals surface area contributed by atoms with Crippen LogP contribution in [0.2, 0.25) is 0 Å². The first-order chi connectivity index (χ1) is 10.6. The Morgan fingerprint density at radius 1 is 1.35 bits per heavy atom. The molecule has 1 heterocycles. The number of hydrogen-bond acceptors (Lipinski definition) is 6. The second-order valence-electron chi connectivity index (χ2n) is 6.11. The molecular formula is C15H16O7S. The summed E-state index contributed by atoms with van der Waals surface area (Å²) >= 11 is 0. The van der Waals surface area contributed by atoms with Gasteiger partial charge in [0.25, 0.3) is 0 Å². The number of carbonyl (C=O) groups is 2. The van der Waals surface area contributed by atoms with Crippen LogP contribution in [-0.4, -0.2) is 36.9 Å². The molecule has 0 unspecified atom stereocenters. The molecule has 1 fully saturated rings. The van der Waals surface area contributed by atoms with E-state index in [2.05, 4.69) is 6.58 Å². The van der Waals surface area contributed by atoms with E-state index in [1.54, 1.807) is 13.8 Å². The molecule has 0 aromatic carbocycles. The van der Waals surface area contributed by atoms with Crippen LogP contribution in [0.15, 0.2) is 34.9 Å². The zero-order valence-corrected chi connectivity index (χ0v) is 13.4. The van der Waals surface area contributed by atoms with Crippen LogP contribution in [0.3, 0.4) is 0 Å². The van der Waals surface area contributed by atoms with E-state index in [0.29, 0.717) is 11.1 Å². The molecular weight excluding hydrogens is 324 g/mol. The van der Waals surface area contributed by atoms with Gasteiger partial charge in [0.05, 0.1) is 12.0 Å². The number of ketones is 1. The summed E-state index contributed by atoms with van der Waals surface area (Å²) in [6, 6.07) is 0. The molecule has 1 aliphatic heterocycles. The minimum atomic E-state index is -4.72. The first-order valence-electron chi connectivity index (χ1n) is 7.08. The molecule has 124 valence electrons. The van der Waals surface area contributed by atoms with Gasteiger partial charge in [-0.3, -0.25) is 9.35 Å². The molecule has 0 aromatic rings. The van der Waals surface area contributed by atoms with E-state index in [0.717, 1.165) is 5.57 Å². The first kappa shape index (κ1) is 16.1. The molecule has 3 aliphatic rings. The Bertz CT molecular complexity index is 787. The van der Waals surface area contributed by atoms with Crippen molar-refractivity contribution in [3.8, 4) is 0 Å². The summed E-state index contributed by atoms with van der Waals surface area (Å²) in [6.45, 7) is 7.14. The molecule has 1 saturated heterocycles. The zero-order valence-electron chi connectivity index (χ0n) is 12.6. The van der Waals surface area contributed by atoms with Gasteiger partial charge in [0, 0.05) is 17.1 Å². The van der Waals surface area contributed by atoms with E-state index >= 15 is 0 Å². The van der Waals surface area contributed by atoms with E-state index in [1.165, 1.54) is 6.08 Å². The average molecular weight is 340 g/mol. The fraction of sp³-hybridized carbons (Fsp3) is 0.467. The molecule has 23 heavy (non-hydrogen) atoms. The maximum Gasteiger partial charge on any atom is 0.397 e. The second kappa shape index (κ2) is 5.12. The molecule has 0 bridgehead atoms. The normalized spacial score (nSPS) is 34.0. The zero-order chi connectivity index (χ0) is 17.1. The van der Waals surface area contributed by atoms with E-state index in [1.807, 2.05) is 0 Å². The molecule has 0 amide bonds. The molecule has 4 atom stereocenters. The monoisotopic (exact) mass is 340 g/mol. The number of carbonyl (C=O) groups excluding carboxylic acids is 2. The predicted octanol–water partition coefficient (Wildman–Crippen LogP) is 1.14. The van der Waals surface area contributed by atoms with Crippen LogP contribution in [0.1, 0.15) is 20.3 Å². The highest BCUT2D eigenvalue weighted by Crippen LogP contribution is 2.48. The van der Waals surface area contributed by atoms with Gasteiger partial charge in [-0.15, -0.1) is 0 Å². The van der Waals surface area contributed by atoms with Crippen LogP contribution in [-0.2, 0) is 28.9 Å². The van der Waals surface area contributed by atoms with Crippen molar-refractivity contribution in [3.05, 3.63) is 34.9 Å². The second-order valence-corrected chi connectivity index (χ2v) is 7.16. The summed E-state index contributed by atoms with van der Waals surface area (Å²) in [5.74, 6) is -2.01. The van der Waals surface area contributed by atoms with Crippen LogP contribution >= 0.6 is 0 Å². The van der Waals surface area contributed by atoms with Gasteiger partial charge in [-0.2, -0.15) is 8.42 Å². The lowest BCUT2D eigenvalue weighted by atomic mass is 9.82. The Balaban J connectivity index is 2.12. The fourth-order valence-corrected chi connectivity index (χ4v) is 4.26. The summed E-state index contributed by atoms with van der Waals surface area (Å²) < 4.78 is 41.5. The van der Waals surface area contributed by atoms with Crippen molar-refractivity contribution in [2.45, 2.75) is 32.5 Å². The smallest absolute Gasteiger partial charge is 0.397 e. The Kier molecular flexibility index (Phi) is 3.58. The molecule has 0 radical (unpaired) electrons.